The van der Waals surface area contributed by atoms with E-state index in [1.807, 2.05) is 6.92 Å². The molecule has 6 fully saturated rings. The van der Waals surface area contributed by atoms with Crippen LogP contribution in [0, 0.1) is 23.7 Å². The number of amides is 1. The minimum atomic E-state index is -2.82. The molecule has 6 aromatic rings. The summed E-state index contributed by atoms with van der Waals surface area (Å²) in [6.45, 7) is 27.7. The first-order chi connectivity index (χ1) is 38.3. The van der Waals surface area contributed by atoms with Crippen molar-refractivity contribution in [1.82, 2.24) is 14.7 Å². The molecular formula is C69H90IN3O4Si3. The van der Waals surface area contributed by atoms with Crippen LogP contribution >= 0.6 is 21.8 Å². The van der Waals surface area contributed by atoms with Crippen molar-refractivity contribution in [2.75, 3.05) is 19.7 Å². The van der Waals surface area contributed by atoms with Crippen molar-refractivity contribution in [2.45, 2.75) is 160 Å². The summed E-state index contributed by atoms with van der Waals surface area (Å²) in [4.78, 5) is 21.0. The maximum atomic E-state index is 13.5. The van der Waals surface area contributed by atoms with E-state index < -0.39 is 22.2 Å². The van der Waals surface area contributed by atoms with Crippen molar-refractivity contribution in [3.8, 4) is 0 Å². The minimum Gasteiger partial charge on any atom is -0.450 e. The predicted octanol–water partition coefficient (Wildman–Crippen LogP) is 13.6. The van der Waals surface area contributed by atoms with Crippen molar-refractivity contribution in [2.24, 2.45) is 23.7 Å². The maximum absolute atomic E-state index is 13.5. The van der Waals surface area contributed by atoms with Crippen molar-refractivity contribution in [3.05, 3.63) is 193 Å². The molecule has 8 unspecified atom stereocenters. The van der Waals surface area contributed by atoms with Crippen molar-refractivity contribution >= 4 is 70.8 Å². The van der Waals surface area contributed by atoms with E-state index in [4.69, 9.17) is 13.6 Å². The summed E-state index contributed by atoms with van der Waals surface area (Å²) in [5.74, 6) is 2.84. The van der Waals surface area contributed by atoms with Crippen LogP contribution in [0.25, 0.3) is 0 Å². The van der Waals surface area contributed by atoms with Gasteiger partial charge in [-0.2, -0.15) is 0 Å². The molecule has 6 bridgehead atoms. The molecule has 10 atom stereocenters. The zero-order chi connectivity index (χ0) is 56.5. The summed E-state index contributed by atoms with van der Waals surface area (Å²) < 4.78 is 21.4. The smallest absolute Gasteiger partial charge is 0.410 e. The Morgan fingerprint density at radius 1 is 0.487 bits per heavy atom. The second-order valence-corrected chi connectivity index (χ2v) is 49.4. The molecule has 2 saturated carbocycles. The van der Waals surface area contributed by atoms with Crippen molar-refractivity contribution in [1.29, 1.82) is 0 Å². The largest absolute Gasteiger partial charge is 0.450 e. The highest BCUT2D eigenvalue weighted by atomic mass is 127. The van der Waals surface area contributed by atoms with E-state index in [2.05, 4.69) is 280 Å². The fourth-order valence-electron chi connectivity index (χ4n) is 15.6. The molecular weight excluding hydrogens is 1150 g/mol. The first kappa shape index (κ1) is 59.0. The van der Waals surface area contributed by atoms with Crippen LogP contribution < -0.4 is 20.7 Å². The molecule has 2 aliphatic carbocycles. The van der Waals surface area contributed by atoms with Gasteiger partial charge in [-0.1, -0.05) is 243 Å². The van der Waals surface area contributed by atoms with Crippen LogP contribution in [0.4, 0.5) is 4.79 Å². The lowest BCUT2D eigenvalue weighted by Crippen LogP contribution is -2.69. The number of likely N-dealkylation sites (tertiary alicyclic amines) is 2. The van der Waals surface area contributed by atoms with Gasteiger partial charge in [0.25, 0.3) is 16.6 Å². The average molecular weight is 1240 g/mol. The molecule has 0 N–H and O–H groups in total. The highest BCUT2D eigenvalue weighted by Crippen LogP contribution is 2.55. The summed E-state index contributed by atoms with van der Waals surface area (Å²) in [6.07, 6.45) is 6.07. The molecule has 11 heteroatoms. The summed E-state index contributed by atoms with van der Waals surface area (Å²) in [5.41, 5.74) is 2.10. The lowest BCUT2D eigenvalue weighted by molar-refractivity contribution is 0.00794. The van der Waals surface area contributed by atoms with Crippen LogP contribution in [0.15, 0.2) is 182 Å². The van der Waals surface area contributed by atoms with E-state index in [1.54, 1.807) is 0 Å². The Bertz CT molecular complexity index is 2840. The standard InChI is InChI=1S/C34H42N2O3Si.C32H39NOSi.C3H9ISi/c1-5-38-33(37)36-29-21-26-22-30(36)32(31(29)35(24-26)23-25-15-9-6-10-16-25)39-40(34(2,3)4,27-17-11-7-12-18-27)28-19-13-8-14-20-28;1-32(2,3)35(28-15-9-5-10-16-28,29-17-11-6-12-18-29)34-31-27-20-25-19-26(21-27)30(31)33(23-25)22-24-13-7-4-8-14-24;1-5(2,3)4/h6-20,26,29-32H,5,21-24H2,1-4H3;4-18,25-27,30-31H,19-23H2,1-3H3;1-3H3/t26?,29?,30?,31?,32-;25?,26?,27?,30?,31-;/m00./s1. The topological polar surface area (TPSA) is 54.5 Å². The van der Waals surface area contributed by atoms with Gasteiger partial charge in [-0.3, -0.25) is 14.7 Å². The summed E-state index contributed by atoms with van der Waals surface area (Å²) in [5, 5.41) is 5.26. The van der Waals surface area contributed by atoms with Gasteiger partial charge in [0, 0.05) is 32.2 Å². The van der Waals surface area contributed by atoms with Gasteiger partial charge in [-0.15, -0.1) is 21.8 Å². The molecule has 80 heavy (non-hydrogen) atoms. The number of carbonyl (C=O) groups is 1. The Kier molecular flexibility index (Phi) is 18.1. The number of fused-ring (bicyclic) bond motifs is 4. The van der Waals surface area contributed by atoms with Gasteiger partial charge in [0.1, 0.15) is 5.57 Å². The molecule has 0 spiro atoms. The zero-order valence-electron chi connectivity index (χ0n) is 49.5. The van der Waals surface area contributed by atoms with Crippen LogP contribution in [-0.4, -0.2) is 99.1 Å². The Morgan fingerprint density at radius 2 is 0.838 bits per heavy atom. The van der Waals surface area contributed by atoms with Crippen LogP contribution in [0.1, 0.15) is 91.7 Å². The number of hydrogen-bond acceptors (Lipinski definition) is 6. The van der Waals surface area contributed by atoms with E-state index in [0.29, 0.717) is 30.6 Å². The second kappa shape index (κ2) is 24.6. The number of piperidine rings is 3. The second-order valence-electron chi connectivity index (χ2n) is 27.0. The summed E-state index contributed by atoms with van der Waals surface area (Å²) in [6, 6.07) is 66.8. The Morgan fingerprint density at radius 3 is 1.24 bits per heavy atom. The first-order valence-corrected chi connectivity index (χ1v) is 40.5. The van der Waals surface area contributed by atoms with Gasteiger partial charge in [-0.05, 0) is 105 Å². The third-order valence-electron chi connectivity index (χ3n) is 18.4. The van der Waals surface area contributed by atoms with Crippen LogP contribution in [0.5, 0.6) is 0 Å². The fraction of sp³-hybridized carbons (Fsp3) is 0.464. The third-order valence-corrected chi connectivity index (χ3v) is 28.4. The van der Waals surface area contributed by atoms with Crippen molar-refractivity contribution in [3.63, 3.8) is 0 Å². The number of hydrogen-bond donors (Lipinski definition) is 0. The zero-order valence-corrected chi connectivity index (χ0v) is 54.7. The van der Waals surface area contributed by atoms with E-state index in [-0.39, 0.29) is 40.4 Å². The van der Waals surface area contributed by atoms with Crippen molar-refractivity contribution < 1.29 is 18.4 Å². The van der Waals surface area contributed by atoms with Gasteiger partial charge < -0.3 is 13.6 Å². The summed E-state index contributed by atoms with van der Waals surface area (Å²) in [7, 11) is -5.39. The fourth-order valence-corrected chi connectivity index (χ4v) is 25.1. The van der Waals surface area contributed by atoms with Crippen LogP contribution in [0.3, 0.4) is 0 Å². The molecule has 4 aliphatic heterocycles. The van der Waals surface area contributed by atoms with Gasteiger partial charge in [0.2, 0.25) is 0 Å². The molecule has 0 radical (unpaired) electrons. The molecule has 12 rings (SSSR count). The minimum absolute atomic E-state index is 0.00947. The first-order valence-electron chi connectivity index (χ1n) is 30.1. The van der Waals surface area contributed by atoms with E-state index >= 15 is 0 Å². The van der Waals surface area contributed by atoms with Crippen LogP contribution in [0.2, 0.25) is 29.7 Å². The average Bonchev–Trinajstić information content (AvgIpc) is 3.78. The van der Waals surface area contributed by atoms with Gasteiger partial charge in [0.05, 0.1) is 36.9 Å². The molecule has 424 valence electrons. The van der Waals surface area contributed by atoms with Crippen LogP contribution in [-0.2, 0) is 26.7 Å². The highest BCUT2D eigenvalue weighted by molar-refractivity contribution is 14.1. The molecule has 4 heterocycles. The molecule has 7 nitrogen and oxygen atoms in total. The number of ether oxygens (including phenoxy) is 1. The predicted molar refractivity (Wildman–Crippen MR) is 347 cm³/mol. The monoisotopic (exact) mass is 1240 g/mol. The highest BCUT2D eigenvalue weighted by Gasteiger charge is 2.64. The van der Waals surface area contributed by atoms with E-state index in [9.17, 15) is 4.79 Å². The number of rotatable bonds is 13. The van der Waals surface area contributed by atoms with Gasteiger partial charge >= 0.3 is 6.09 Å². The van der Waals surface area contributed by atoms with Gasteiger partial charge in [0.15, 0.2) is 0 Å². The number of nitrogens with zero attached hydrogens (tertiary/aromatic N) is 3. The molecule has 6 aromatic carbocycles. The Hall–Kier alpha value is -4.19. The number of carbonyl (C=O) groups excluding carboxylic acids is 1. The quantitative estimate of drug-likeness (QED) is 0.0652. The molecule has 4 saturated heterocycles. The van der Waals surface area contributed by atoms with Gasteiger partial charge in [-0.25, -0.2) is 4.79 Å². The third kappa shape index (κ3) is 12.2. The maximum Gasteiger partial charge on any atom is 0.410 e. The number of benzene rings is 6. The number of halogens is 1. The SMILES string of the molecule is CC(C)(C)[Si](O[C@H]1C2CC3CC(C2)C1N(Cc1ccccc1)C3)(c1ccccc1)c1ccccc1.CCOC(=O)N1C2CC3CC1[C@H](O[Si](c1ccccc1)(c1ccccc1)C(C)(C)C)C2N(Cc1ccccc1)C3.C[Si](C)(C)I. The lowest BCUT2D eigenvalue weighted by atomic mass is 9.78. The molecule has 1 amide bonds. The lowest BCUT2D eigenvalue weighted by Gasteiger charge is -2.48. The normalized spacial score (nSPS) is 26.3. The van der Waals surface area contributed by atoms with E-state index in [0.717, 1.165) is 44.3 Å². The summed E-state index contributed by atoms with van der Waals surface area (Å²) >= 11 is 2.52. The Labute approximate surface area is 496 Å². The molecule has 0 aromatic heterocycles. The molecule has 6 aliphatic rings. The van der Waals surface area contributed by atoms with E-state index in [1.165, 1.54) is 57.7 Å². The Balaban J connectivity index is 0.000000167.